The molecule has 0 amide bonds. The molecule has 0 aliphatic heterocycles. The Morgan fingerprint density at radius 3 is 2.93 bits per heavy atom. The van der Waals surface area contributed by atoms with E-state index in [0.29, 0.717) is 17.0 Å². The average molecular weight is 246 g/mol. The second-order valence-corrected chi connectivity index (χ2v) is 5.89. The Morgan fingerprint density at radius 1 is 1.53 bits per heavy atom. The monoisotopic (exact) mass is 245 g/mol. The maximum Gasteiger partial charge on any atom is 0.238 e. The van der Waals surface area contributed by atoms with Gasteiger partial charge in [-0.05, 0) is 19.1 Å². The molecule has 0 saturated heterocycles. The molecule has 7 heteroatoms. The molecule has 0 aliphatic carbocycles. The minimum absolute atomic E-state index is 0.280. The minimum Gasteiger partial charge on any atom is -0.235 e. The van der Waals surface area contributed by atoms with Crippen LogP contribution in [0, 0.1) is 6.92 Å². The first-order valence-electron chi connectivity index (χ1n) is 4.19. The molecule has 0 radical (unpaired) electrons. The third-order valence-corrected chi connectivity index (χ3v) is 2.90. The molecule has 0 saturated carbocycles. The van der Waals surface area contributed by atoms with Gasteiger partial charge in [0.1, 0.15) is 11.6 Å². The van der Waals surface area contributed by atoms with Gasteiger partial charge in [-0.2, -0.15) is 5.10 Å². The number of hydrogen-bond donors (Lipinski definition) is 0. The van der Waals surface area contributed by atoms with E-state index in [1.807, 2.05) is 0 Å². The number of aromatic nitrogens is 3. The van der Waals surface area contributed by atoms with E-state index in [1.165, 1.54) is 0 Å². The van der Waals surface area contributed by atoms with Gasteiger partial charge in [-0.15, -0.1) is 0 Å². The van der Waals surface area contributed by atoms with Crippen LogP contribution in [0.1, 0.15) is 11.5 Å². The molecule has 2 heterocycles. The van der Waals surface area contributed by atoms with Crippen LogP contribution >= 0.6 is 10.7 Å². The van der Waals surface area contributed by atoms with Crippen LogP contribution in [-0.4, -0.2) is 23.0 Å². The van der Waals surface area contributed by atoms with Gasteiger partial charge in [-0.25, -0.2) is 17.9 Å². The van der Waals surface area contributed by atoms with E-state index in [9.17, 15) is 8.42 Å². The summed E-state index contributed by atoms with van der Waals surface area (Å²) in [6.45, 7) is 1.75. The van der Waals surface area contributed by atoms with Gasteiger partial charge in [-0.1, -0.05) is 0 Å². The van der Waals surface area contributed by atoms with Gasteiger partial charge < -0.3 is 0 Å². The first kappa shape index (κ1) is 10.4. The fourth-order valence-corrected chi connectivity index (χ4v) is 2.27. The summed E-state index contributed by atoms with van der Waals surface area (Å²) in [6, 6.07) is 3.48. The van der Waals surface area contributed by atoms with Crippen LogP contribution < -0.4 is 0 Å². The van der Waals surface area contributed by atoms with Gasteiger partial charge in [0.2, 0.25) is 9.05 Å². The van der Waals surface area contributed by atoms with Crippen molar-refractivity contribution in [2.75, 3.05) is 0 Å². The summed E-state index contributed by atoms with van der Waals surface area (Å²) >= 11 is 0. The van der Waals surface area contributed by atoms with Crippen molar-refractivity contribution in [2.24, 2.45) is 0 Å². The summed E-state index contributed by atoms with van der Waals surface area (Å²) < 4.78 is 23.5. The third kappa shape index (κ3) is 2.10. The first-order valence-corrected chi connectivity index (χ1v) is 6.67. The number of fused-ring (bicyclic) bond motifs is 1. The molecule has 0 aromatic carbocycles. The summed E-state index contributed by atoms with van der Waals surface area (Å²) in [5.74, 6) is 0.360. The molecule has 5 nitrogen and oxygen atoms in total. The molecule has 0 atom stereocenters. The maximum absolute atomic E-state index is 10.9. The minimum atomic E-state index is -3.59. The summed E-state index contributed by atoms with van der Waals surface area (Å²) in [4.78, 5) is 4.11. The molecule has 0 spiro atoms. The Balaban J connectivity index is 2.62. The highest BCUT2D eigenvalue weighted by Crippen LogP contribution is 2.15. The highest BCUT2D eigenvalue weighted by molar-refractivity contribution is 8.13. The molecular weight excluding hydrogens is 238 g/mol. The molecule has 0 unspecified atom stereocenters. The summed E-state index contributed by atoms with van der Waals surface area (Å²) in [6.07, 6.45) is 1.61. The van der Waals surface area contributed by atoms with Crippen molar-refractivity contribution in [3.63, 3.8) is 0 Å². The molecule has 2 aromatic heterocycles. The number of aryl methyl sites for hydroxylation is 1. The predicted molar refractivity (Wildman–Crippen MR) is 56.2 cm³/mol. The van der Waals surface area contributed by atoms with Crippen molar-refractivity contribution in [1.29, 1.82) is 0 Å². The molecule has 15 heavy (non-hydrogen) atoms. The molecule has 80 valence electrons. The van der Waals surface area contributed by atoms with Crippen molar-refractivity contribution in [3.8, 4) is 0 Å². The van der Waals surface area contributed by atoms with Gasteiger partial charge in [0.15, 0.2) is 0 Å². The Kier molecular flexibility index (Phi) is 2.40. The number of rotatable bonds is 2. The lowest BCUT2D eigenvalue weighted by molar-refractivity contribution is 0.608. The molecule has 0 fully saturated rings. The number of imidazole rings is 1. The van der Waals surface area contributed by atoms with E-state index in [2.05, 4.69) is 10.1 Å². The summed E-state index contributed by atoms with van der Waals surface area (Å²) in [5.41, 5.74) is 1.09. The molecule has 0 N–H and O–H groups in total. The van der Waals surface area contributed by atoms with Crippen LogP contribution in [0.2, 0.25) is 0 Å². The van der Waals surface area contributed by atoms with Crippen molar-refractivity contribution >= 4 is 25.2 Å². The Hall–Kier alpha value is -1.14. The Bertz CT molecular complexity index is 605. The van der Waals surface area contributed by atoms with Crippen molar-refractivity contribution < 1.29 is 8.42 Å². The Morgan fingerprint density at radius 2 is 2.27 bits per heavy atom. The van der Waals surface area contributed by atoms with E-state index >= 15 is 0 Å². The second kappa shape index (κ2) is 3.46. The van der Waals surface area contributed by atoms with E-state index in [1.54, 1.807) is 29.8 Å². The normalized spacial score (nSPS) is 12.1. The fourth-order valence-electron chi connectivity index (χ4n) is 1.42. The molecular formula is C8H8ClN3O2S. The smallest absolute Gasteiger partial charge is 0.235 e. The quantitative estimate of drug-likeness (QED) is 0.744. The third-order valence-electron chi connectivity index (χ3n) is 1.96. The number of nitrogens with zero attached hydrogens (tertiary/aromatic N) is 3. The fraction of sp³-hybridized carbons (Fsp3) is 0.250. The first-order chi connectivity index (χ1) is 6.97. The van der Waals surface area contributed by atoms with Crippen LogP contribution in [0.25, 0.3) is 5.52 Å². The lowest BCUT2D eigenvalue weighted by Gasteiger charge is -1.94. The summed E-state index contributed by atoms with van der Waals surface area (Å²) in [5, 5.41) is 4.05. The van der Waals surface area contributed by atoms with E-state index < -0.39 is 9.05 Å². The predicted octanol–water partition coefficient (Wildman–Crippen LogP) is 1.11. The number of hydrogen-bond acceptors (Lipinski definition) is 4. The standard InChI is InChI=1S/C8H8ClN3O2S/c1-6-11-7(5-15(9,13)14)8-3-2-4-10-12(6)8/h2-4H,5H2,1H3. The van der Waals surface area contributed by atoms with Crippen LogP contribution in [0.4, 0.5) is 0 Å². The largest absolute Gasteiger partial charge is 0.238 e. The lowest BCUT2D eigenvalue weighted by atomic mass is 10.4. The highest BCUT2D eigenvalue weighted by Gasteiger charge is 2.14. The zero-order valence-electron chi connectivity index (χ0n) is 7.88. The van der Waals surface area contributed by atoms with Crippen LogP contribution in [-0.2, 0) is 14.8 Å². The maximum atomic E-state index is 10.9. The van der Waals surface area contributed by atoms with Crippen LogP contribution in [0.15, 0.2) is 18.3 Å². The second-order valence-electron chi connectivity index (χ2n) is 3.11. The van der Waals surface area contributed by atoms with Crippen LogP contribution in [0.5, 0.6) is 0 Å². The zero-order chi connectivity index (χ0) is 11.1. The van der Waals surface area contributed by atoms with Gasteiger partial charge in [0.05, 0.1) is 11.2 Å². The van der Waals surface area contributed by atoms with Gasteiger partial charge in [0.25, 0.3) is 0 Å². The lowest BCUT2D eigenvalue weighted by Crippen LogP contribution is -1.96. The van der Waals surface area contributed by atoms with E-state index in [-0.39, 0.29) is 5.75 Å². The van der Waals surface area contributed by atoms with Crippen molar-refractivity contribution in [1.82, 2.24) is 14.6 Å². The average Bonchev–Trinajstić information content (AvgIpc) is 2.42. The van der Waals surface area contributed by atoms with Crippen molar-refractivity contribution in [3.05, 3.63) is 29.8 Å². The SMILES string of the molecule is Cc1nc(CS(=O)(=O)Cl)c2cccnn12. The number of halogens is 1. The Labute approximate surface area is 91.1 Å². The highest BCUT2D eigenvalue weighted by atomic mass is 35.7. The van der Waals surface area contributed by atoms with E-state index in [0.717, 1.165) is 0 Å². The topological polar surface area (TPSA) is 64.3 Å². The summed E-state index contributed by atoms with van der Waals surface area (Å²) in [7, 11) is 1.59. The molecule has 2 aromatic rings. The van der Waals surface area contributed by atoms with Gasteiger partial charge in [-0.3, -0.25) is 0 Å². The zero-order valence-corrected chi connectivity index (χ0v) is 9.46. The van der Waals surface area contributed by atoms with Crippen LogP contribution in [0.3, 0.4) is 0 Å². The van der Waals surface area contributed by atoms with E-state index in [4.69, 9.17) is 10.7 Å². The molecule has 0 aliphatic rings. The van der Waals surface area contributed by atoms with Gasteiger partial charge in [0, 0.05) is 16.9 Å². The molecule has 0 bridgehead atoms. The van der Waals surface area contributed by atoms with Crippen molar-refractivity contribution in [2.45, 2.75) is 12.7 Å². The van der Waals surface area contributed by atoms with Gasteiger partial charge >= 0.3 is 0 Å². The molecule has 2 rings (SSSR count).